The van der Waals surface area contributed by atoms with Crippen LogP contribution >= 0.6 is 0 Å². The zero-order valence-corrected chi connectivity index (χ0v) is 24.8. The minimum atomic E-state index is -2.88. The fourth-order valence-corrected chi connectivity index (χ4v) is 6.99. The number of phenols is 1. The average Bonchev–Trinajstić information content (AvgIpc) is 2.90. The van der Waals surface area contributed by atoms with Crippen molar-refractivity contribution in [3.63, 3.8) is 0 Å². The normalized spacial score (nSPS) is 30.0. The molecule has 1 saturated carbocycles. The molecule has 0 saturated heterocycles. The number of hydrogen-bond donors (Lipinski definition) is 8. The van der Waals surface area contributed by atoms with Gasteiger partial charge in [0.2, 0.25) is 5.78 Å². The van der Waals surface area contributed by atoms with Gasteiger partial charge in [-0.05, 0) is 45.5 Å². The topological polar surface area (TPSA) is 234 Å². The summed E-state index contributed by atoms with van der Waals surface area (Å²) in [6.07, 6.45) is 1.10. The quantitative estimate of drug-likeness (QED) is 0.123. The standard InChI is InChI=1S/C28H35N3O11S/c1-27(40)12-6-5-7-16(32)17(12)21(33)18-13(27)10-14-20(31(2)3)22(34)19(24(36)28(14,41)23(18)35)25(37)30-11-29-15(26(38)39)8-9-43(4)42/h5-7,13-15,20,29,32-33,36,40-41H,8-11H2,1-4H3,(H,30,37)(H,38,39)/t13-,14-,15-,20-,27+,28+,43-/m0/s1. The number of nitrogens with zero attached hydrogens (tertiary/aromatic N) is 1. The van der Waals surface area contributed by atoms with Gasteiger partial charge in [-0.2, -0.15) is 0 Å². The van der Waals surface area contributed by atoms with Gasteiger partial charge in [0.05, 0.1) is 23.9 Å². The first-order valence-corrected chi connectivity index (χ1v) is 15.1. The van der Waals surface area contributed by atoms with Gasteiger partial charge in [-0.3, -0.25) is 33.6 Å². The second-order valence-corrected chi connectivity index (χ2v) is 13.0. The number of amides is 1. The van der Waals surface area contributed by atoms with Gasteiger partial charge >= 0.3 is 5.97 Å². The molecule has 14 nitrogen and oxygen atoms in total. The van der Waals surface area contributed by atoms with Gasteiger partial charge in [-0.1, -0.05) is 12.1 Å². The summed E-state index contributed by atoms with van der Waals surface area (Å²) >= 11 is 0. The number of aliphatic hydroxyl groups is 4. The number of fused-ring (bicyclic) bond motifs is 3. The van der Waals surface area contributed by atoms with E-state index in [-0.39, 0.29) is 29.7 Å². The molecule has 1 aromatic rings. The number of carbonyl (C=O) groups excluding carboxylic acids is 3. The Kier molecular flexibility index (Phi) is 8.61. The fourth-order valence-electron chi connectivity index (χ4n) is 6.42. The molecule has 1 fully saturated rings. The molecular weight excluding hydrogens is 586 g/mol. The maximum absolute atomic E-state index is 14.1. The number of Topliss-reactive ketones (excluding diaryl/α,β-unsaturated/α-hetero) is 2. The van der Waals surface area contributed by atoms with Crippen LogP contribution in [-0.4, -0.2) is 114 Å². The molecule has 0 aromatic heterocycles. The van der Waals surface area contributed by atoms with Crippen LogP contribution in [0.2, 0.25) is 0 Å². The van der Waals surface area contributed by atoms with E-state index in [1.54, 1.807) is 0 Å². The van der Waals surface area contributed by atoms with Crippen molar-refractivity contribution in [1.82, 2.24) is 15.5 Å². The number of benzene rings is 1. The van der Waals surface area contributed by atoms with Gasteiger partial charge < -0.3 is 36.0 Å². The van der Waals surface area contributed by atoms with E-state index in [0.29, 0.717) is 0 Å². The lowest BCUT2D eigenvalue weighted by atomic mass is 9.54. The van der Waals surface area contributed by atoms with Gasteiger partial charge in [0.15, 0.2) is 11.4 Å². The molecule has 1 aromatic carbocycles. The minimum absolute atomic E-state index is 0.0257. The van der Waals surface area contributed by atoms with Crippen molar-refractivity contribution in [2.24, 2.45) is 11.8 Å². The predicted octanol–water partition coefficient (Wildman–Crippen LogP) is -0.971. The van der Waals surface area contributed by atoms with Crippen LogP contribution in [0.15, 0.2) is 35.1 Å². The van der Waals surface area contributed by atoms with Crippen LogP contribution < -0.4 is 10.6 Å². The van der Waals surface area contributed by atoms with Gasteiger partial charge in [-0.25, -0.2) is 0 Å². The number of carboxylic acid groups (broad SMARTS) is 1. The van der Waals surface area contributed by atoms with Crippen LogP contribution in [0.1, 0.15) is 30.9 Å². The summed E-state index contributed by atoms with van der Waals surface area (Å²) in [7, 11) is 1.67. The second-order valence-electron chi connectivity index (χ2n) is 11.4. The molecule has 3 aliphatic rings. The van der Waals surface area contributed by atoms with E-state index in [1.807, 2.05) is 0 Å². The van der Waals surface area contributed by atoms with E-state index in [9.17, 15) is 54.0 Å². The first-order valence-electron chi connectivity index (χ1n) is 13.4. The number of aliphatic hydroxyl groups excluding tert-OH is 2. The molecule has 234 valence electrons. The molecule has 0 spiro atoms. The van der Waals surface area contributed by atoms with Crippen LogP contribution in [0, 0.1) is 11.8 Å². The van der Waals surface area contributed by atoms with Crippen molar-refractivity contribution in [2.75, 3.05) is 32.8 Å². The number of carbonyl (C=O) groups is 4. The third-order valence-electron chi connectivity index (χ3n) is 8.59. The number of nitrogens with one attached hydrogen (secondary N) is 2. The highest BCUT2D eigenvalue weighted by Crippen LogP contribution is 2.57. The number of aliphatic carboxylic acids is 1. The second kappa shape index (κ2) is 11.5. The van der Waals surface area contributed by atoms with E-state index < -0.39 is 104 Å². The number of carboxylic acids is 1. The minimum Gasteiger partial charge on any atom is -0.508 e. The SMILES string of the molecule is CN(C)[C@@H]1C(=O)C(C(=O)NCN[C@@H](CC[S@](C)=O)C(=O)O)=C(O)[C@]2(O)C(=O)C3=C(O)c4c(O)cccc4[C@@](C)(O)[C@H]3C[C@@H]12. The van der Waals surface area contributed by atoms with E-state index in [4.69, 9.17) is 0 Å². The molecule has 3 aliphatic carbocycles. The van der Waals surface area contributed by atoms with Crippen LogP contribution in [0.5, 0.6) is 5.75 Å². The van der Waals surface area contributed by atoms with Gasteiger partial charge in [0.1, 0.15) is 28.9 Å². The Morgan fingerprint density at radius 2 is 1.81 bits per heavy atom. The zero-order valence-electron chi connectivity index (χ0n) is 23.9. The Balaban J connectivity index is 1.76. The smallest absolute Gasteiger partial charge is 0.320 e. The molecular formula is C28H35N3O11S. The number of rotatable bonds is 9. The lowest BCUT2D eigenvalue weighted by Crippen LogP contribution is -2.67. The van der Waals surface area contributed by atoms with Crippen LogP contribution in [-0.2, 0) is 35.6 Å². The highest BCUT2D eigenvalue weighted by Gasteiger charge is 2.66. The Morgan fingerprint density at radius 3 is 2.40 bits per heavy atom. The number of phenolic OH excluding ortho intramolecular Hbond substituents is 1. The first-order chi connectivity index (χ1) is 20.0. The molecule has 8 N–H and O–H groups in total. The van der Waals surface area contributed by atoms with Crippen LogP contribution in [0.25, 0.3) is 5.76 Å². The summed E-state index contributed by atoms with van der Waals surface area (Å²) in [6.45, 7) is 0.880. The molecule has 0 bridgehead atoms. The Bertz CT molecular complexity index is 1480. The molecule has 0 aliphatic heterocycles. The predicted molar refractivity (Wildman–Crippen MR) is 152 cm³/mol. The molecule has 7 atom stereocenters. The summed E-state index contributed by atoms with van der Waals surface area (Å²) in [6, 6.07) is 1.62. The summed E-state index contributed by atoms with van der Waals surface area (Å²) < 4.78 is 11.4. The Morgan fingerprint density at radius 1 is 1.16 bits per heavy atom. The van der Waals surface area contributed by atoms with Crippen molar-refractivity contribution >= 4 is 40.0 Å². The maximum Gasteiger partial charge on any atom is 0.320 e. The molecule has 1 amide bonds. The monoisotopic (exact) mass is 621 g/mol. The molecule has 0 heterocycles. The lowest BCUT2D eigenvalue weighted by molar-refractivity contribution is -0.159. The number of likely N-dealkylation sites (N-methyl/N-ethyl adjacent to an activating group) is 1. The molecule has 4 rings (SSSR count). The summed E-state index contributed by atoms with van der Waals surface area (Å²) in [5, 5.41) is 70.6. The zero-order chi connectivity index (χ0) is 32.2. The first kappa shape index (κ1) is 32.3. The summed E-state index contributed by atoms with van der Waals surface area (Å²) in [4.78, 5) is 53.9. The van der Waals surface area contributed by atoms with Crippen molar-refractivity contribution in [1.29, 1.82) is 0 Å². The Labute approximate surface area is 249 Å². The average molecular weight is 622 g/mol. The third kappa shape index (κ3) is 5.14. The number of ketones is 2. The van der Waals surface area contributed by atoms with Gasteiger partial charge in [0.25, 0.3) is 5.91 Å². The van der Waals surface area contributed by atoms with Crippen molar-refractivity contribution in [3.8, 4) is 5.75 Å². The highest BCUT2D eigenvalue weighted by molar-refractivity contribution is 7.84. The third-order valence-corrected chi connectivity index (χ3v) is 9.40. The molecule has 15 heteroatoms. The van der Waals surface area contributed by atoms with Gasteiger partial charge in [-0.15, -0.1) is 0 Å². The fraction of sp³-hybridized carbons (Fsp3) is 0.500. The van der Waals surface area contributed by atoms with E-state index >= 15 is 0 Å². The number of aromatic hydroxyl groups is 1. The maximum atomic E-state index is 14.1. The number of hydrogen-bond acceptors (Lipinski definition) is 12. The molecule has 43 heavy (non-hydrogen) atoms. The summed E-state index contributed by atoms with van der Waals surface area (Å²) in [5.74, 6) is -9.51. The molecule has 0 unspecified atom stereocenters. The Hall–Kier alpha value is -3.63. The molecule has 0 radical (unpaired) electrons. The van der Waals surface area contributed by atoms with Crippen LogP contribution in [0.3, 0.4) is 0 Å². The highest BCUT2D eigenvalue weighted by atomic mass is 32.2. The van der Waals surface area contributed by atoms with Crippen molar-refractivity contribution in [2.45, 2.75) is 43.1 Å². The lowest BCUT2D eigenvalue weighted by Gasteiger charge is -2.53. The summed E-state index contributed by atoms with van der Waals surface area (Å²) in [5.41, 5.74) is -6.24. The van der Waals surface area contributed by atoms with E-state index in [2.05, 4.69) is 10.6 Å². The van der Waals surface area contributed by atoms with Crippen LogP contribution in [0.4, 0.5) is 0 Å². The van der Waals surface area contributed by atoms with E-state index in [0.717, 1.165) is 0 Å². The van der Waals surface area contributed by atoms with E-state index in [1.165, 1.54) is 50.4 Å². The largest absolute Gasteiger partial charge is 0.508 e. The van der Waals surface area contributed by atoms with Gasteiger partial charge in [0, 0.05) is 40.2 Å². The van der Waals surface area contributed by atoms with Crippen molar-refractivity contribution < 1.29 is 54.0 Å². The van der Waals surface area contributed by atoms with Crippen molar-refractivity contribution in [3.05, 3.63) is 46.2 Å².